The van der Waals surface area contributed by atoms with E-state index in [1.54, 1.807) is 23.1 Å². The predicted molar refractivity (Wildman–Crippen MR) is 115 cm³/mol. The third-order valence-corrected chi connectivity index (χ3v) is 6.65. The average Bonchev–Trinajstić information content (AvgIpc) is 3.05. The maximum Gasteiger partial charge on any atom is 0.234 e. The first-order valence-corrected chi connectivity index (χ1v) is 11.0. The molecular weight excluding hydrogens is 384 g/mol. The molecule has 0 spiro atoms. The van der Waals surface area contributed by atoms with Crippen LogP contribution < -0.4 is 5.32 Å². The van der Waals surface area contributed by atoms with E-state index >= 15 is 0 Å². The van der Waals surface area contributed by atoms with Crippen LogP contribution in [0.25, 0.3) is 10.2 Å². The molecule has 6 heteroatoms. The summed E-state index contributed by atoms with van der Waals surface area (Å²) in [4.78, 5) is 17.0. The number of thiazole rings is 1. The molecule has 0 fully saturated rings. The maximum atomic E-state index is 12.4. The van der Waals surface area contributed by atoms with Gasteiger partial charge in [-0.15, -0.1) is 23.1 Å². The summed E-state index contributed by atoms with van der Waals surface area (Å²) in [5.74, 6) is 1.14. The van der Waals surface area contributed by atoms with Gasteiger partial charge in [-0.25, -0.2) is 4.98 Å². The van der Waals surface area contributed by atoms with E-state index in [1.807, 2.05) is 30.3 Å². The number of carbonyl (C=O) groups excluding carboxylic acids is 1. The number of fused-ring (bicyclic) bond motifs is 1. The highest BCUT2D eigenvalue weighted by atomic mass is 35.5. The Morgan fingerprint density at radius 2 is 2.00 bits per heavy atom. The first kappa shape index (κ1) is 19.2. The van der Waals surface area contributed by atoms with Gasteiger partial charge in [-0.05, 0) is 42.2 Å². The number of carbonyl (C=O) groups is 1. The number of benzene rings is 2. The van der Waals surface area contributed by atoms with Crippen molar-refractivity contribution in [2.75, 3.05) is 11.1 Å². The first-order chi connectivity index (χ1) is 12.6. The molecule has 0 saturated carbocycles. The number of rotatable bonds is 7. The third-order valence-electron chi connectivity index (χ3n) is 4.14. The number of para-hydroxylation sites is 1. The van der Waals surface area contributed by atoms with Crippen molar-refractivity contribution in [2.45, 2.75) is 32.4 Å². The third kappa shape index (κ3) is 4.40. The van der Waals surface area contributed by atoms with E-state index in [9.17, 15) is 4.79 Å². The molecule has 3 rings (SSSR count). The van der Waals surface area contributed by atoms with Crippen molar-refractivity contribution in [1.29, 1.82) is 0 Å². The smallest absolute Gasteiger partial charge is 0.234 e. The van der Waals surface area contributed by atoms with Crippen molar-refractivity contribution in [3.05, 3.63) is 57.6 Å². The molecule has 3 nitrogen and oxygen atoms in total. The first-order valence-electron chi connectivity index (χ1n) is 8.64. The molecule has 0 unspecified atom stereocenters. The van der Waals surface area contributed by atoms with Gasteiger partial charge >= 0.3 is 0 Å². The van der Waals surface area contributed by atoms with Gasteiger partial charge in [-0.1, -0.05) is 43.6 Å². The zero-order chi connectivity index (χ0) is 18.5. The molecule has 1 N–H and O–H groups in total. The lowest BCUT2D eigenvalue weighted by atomic mass is 10.0. The zero-order valence-corrected chi connectivity index (χ0v) is 17.2. The summed E-state index contributed by atoms with van der Waals surface area (Å²) in [6.45, 7) is 4.14. The fraction of sp³-hybridized carbons (Fsp3) is 0.300. The summed E-state index contributed by atoms with van der Waals surface area (Å²) < 4.78 is 1.19. The number of thioether (sulfide) groups is 1. The summed E-state index contributed by atoms with van der Waals surface area (Å²) in [6, 6.07) is 12.0. The number of aryl methyl sites for hydroxylation is 1. The van der Waals surface area contributed by atoms with Gasteiger partial charge in [0, 0.05) is 16.5 Å². The van der Waals surface area contributed by atoms with E-state index < -0.39 is 0 Å². The fourth-order valence-electron chi connectivity index (χ4n) is 2.86. The number of hydrogen-bond donors (Lipinski definition) is 1. The molecule has 0 bridgehead atoms. The number of amides is 1. The molecule has 0 atom stereocenters. The quantitative estimate of drug-likeness (QED) is 0.529. The van der Waals surface area contributed by atoms with Crippen molar-refractivity contribution < 1.29 is 4.79 Å². The predicted octanol–water partition coefficient (Wildman–Crippen LogP) is 5.95. The Kier molecular flexibility index (Phi) is 6.57. The number of nitrogens with one attached hydrogen (secondary N) is 1. The second kappa shape index (κ2) is 8.89. The number of aromatic nitrogens is 1. The van der Waals surface area contributed by atoms with Crippen molar-refractivity contribution in [3.63, 3.8) is 0 Å². The lowest BCUT2D eigenvalue weighted by Gasteiger charge is -2.15. The normalized spacial score (nSPS) is 11.0. The molecule has 136 valence electrons. The van der Waals surface area contributed by atoms with Gasteiger partial charge in [-0.3, -0.25) is 4.79 Å². The van der Waals surface area contributed by atoms with Crippen LogP contribution in [-0.4, -0.2) is 16.6 Å². The van der Waals surface area contributed by atoms with Gasteiger partial charge in [0.2, 0.25) is 5.91 Å². The second-order valence-corrected chi connectivity index (χ2v) is 8.39. The van der Waals surface area contributed by atoms with Crippen LogP contribution in [0.4, 0.5) is 5.69 Å². The molecule has 2 aromatic carbocycles. The minimum absolute atomic E-state index is 0.00257. The highest BCUT2D eigenvalue weighted by Gasteiger charge is 2.13. The Balaban J connectivity index is 1.61. The Labute approximate surface area is 167 Å². The van der Waals surface area contributed by atoms with E-state index in [1.165, 1.54) is 4.70 Å². The molecule has 1 aromatic heterocycles. The summed E-state index contributed by atoms with van der Waals surface area (Å²) in [7, 11) is 0. The van der Waals surface area contributed by atoms with Crippen LogP contribution in [0.1, 0.15) is 30.0 Å². The molecular formula is C20H21ClN2OS2. The number of halogens is 1. The molecule has 1 heterocycles. The van der Waals surface area contributed by atoms with Gasteiger partial charge in [0.1, 0.15) is 5.01 Å². The van der Waals surface area contributed by atoms with E-state index in [0.717, 1.165) is 45.9 Å². The molecule has 1 amide bonds. The van der Waals surface area contributed by atoms with Gasteiger partial charge in [0.25, 0.3) is 0 Å². The van der Waals surface area contributed by atoms with Crippen LogP contribution in [0.5, 0.6) is 0 Å². The summed E-state index contributed by atoms with van der Waals surface area (Å²) in [5.41, 5.74) is 4.04. The molecule has 0 aliphatic carbocycles. The summed E-state index contributed by atoms with van der Waals surface area (Å²) in [5, 5.41) is 4.83. The standard InChI is InChI=1S/C20H21ClN2OS2/c1-3-13-9-10-15(21)14(4-2)20(13)23-18(24)11-25-12-19-22-16-7-5-6-8-17(16)26-19/h5-10H,3-4,11-12H2,1-2H3,(H,23,24). The van der Waals surface area contributed by atoms with Crippen molar-refractivity contribution in [3.8, 4) is 0 Å². The van der Waals surface area contributed by atoms with E-state index in [-0.39, 0.29) is 5.91 Å². The van der Waals surface area contributed by atoms with Crippen LogP contribution in [-0.2, 0) is 23.4 Å². The monoisotopic (exact) mass is 404 g/mol. The highest BCUT2D eigenvalue weighted by Crippen LogP contribution is 2.30. The van der Waals surface area contributed by atoms with E-state index in [4.69, 9.17) is 11.6 Å². The minimum Gasteiger partial charge on any atom is -0.325 e. The molecule has 3 aromatic rings. The van der Waals surface area contributed by atoms with Crippen LogP contribution in [0, 0.1) is 0 Å². The van der Waals surface area contributed by atoms with E-state index in [0.29, 0.717) is 10.8 Å². The van der Waals surface area contributed by atoms with Crippen LogP contribution >= 0.6 is 34.7 Å². The maximum absolute atomic E-state index is 12.4. The SMILES string of the molecule is CCc1ccc(Cl)c(CC)c1NC(=O)CSCc1nc2ccccc2s1. The zero-order valence-electron chi connectivity index (χ0n) is 14.8. The van der Waals surface area contributed by atoms with Crippen molar-refractivity contribution in [1.82, 2.24) is 4.98 Å². The lowest BCUT2D eigenvalue weighted by molar-refractivity contribution is -0.113. The topological polar surface area (TPSA) is 42.0 Å². The Morgan fingerprint density at radius 1 is 1.19 bits per heavy atom. The van der Waals surface area contributed by atoms with Crippen LogP contribution in [0.3, 0.4) is 0 Å². The molecule has 0 aliphatic heterocycles. The van der Waals surface area contributed by atoms with Crippen molar-refractivity contribution >= 4 is 56.5 Å². The Hall–Kier alpha value is -1.56. The van der Waals surface area contributed by atoms with Crippen LogP contribution in [0.2, 0.25) is 5.02 Å². The Morgan fingerprint density at radius 3 is 2.73 bits per heavy atom. The number of nitrogens with zero attached hydrogens (tertiary/aromatic N) is 1. The van der Waals surface area contributed by atoms with E-state index in [2.05, 4.69) is 30.2 Å². The second-order valence-electron chi connectivity index (χ2n) is 5.88. The molecule has 0 saturated heterocycles. The van der Waals surface area contributed by atoms with Crippen LogP contribution in [0.15, 0.2) is 36.4 Å². The van der Waals surface area contributed by atoms with Gasteiger partial charge in [-0.2, -0.15) is 0 Å². The Bertz CT molecular complexity index is 890. The summed E-state index contributed by atoms with van der Waals surface area (Å²) >= 11 is 9.57. The van der Waals surface area contributed by atoms with Gasteiger partial charge < -0.3 is 5.32 Å². The number of anilines is 1. The summed E-state index contributed by atoms with van der Waals surface area (Å²) in [6.07, 6.45) is 1.65. The number of hydrogen-bond acceptors (Lipinski definition) is 4. The minimum atomic E-state index is 0.00257. The lowest BCUT2D eigenvalue weighted by Crippen LogP contribution is -2.17. The molecule has 0 radical (unpaired) electrons. The fourth-order valence-corrected chi connectivity index (χ4v) is 4.99. The molecule has 0 aliphatic rings. The van der Waals surface area contributed by atoms with Gasteiger partial charge in [0.15, 0.2) is 0 Å². The average molecular weight is 405 g/mol. The largest absolute Gasteiger partial charge is 0.325 e. The highest BCUT2D eigenvalue weighted by molar-refractivity contribution is 7.99. The van der Waals surface area contributed by atoms with Crippen molar-refractivity contribution in [2.24, 2.45) is 0 Å². The molecule has 26 heavy (non-hydrogen) atoms. The van der Waals surface area contributed by atoms with Gasteiger partial charge in [0.05, 0.1) is 16.0 Å².